The number of amides is 4. The number of likely N-dealkylation sites (tertiary alicyclic amines) is 1. The highest BCUT2D eigenvalue weighted by molar-refractivity contribution is 5.80. The van der Waals surface area contributed by atoms with Gasteiger partial charge < -0.3 is 35.6 Å². The number of hydrogen-bond acceptors (Lipinski definition) is 7. The quantitative estimate of drug-likeness (QED) is 0.161. The van der Waals surface area contributed by atoms with Crippen LogP contribution in [0.1, 0.15) is 106 Å². The van der Waals surface area contributed by atoms with Gasteiger partial charge in [0.05, 0.1) is 24.6 Å². The van der Waals surface area contributed by atoms with Crippen LogP contribution in [0.5, 0.6) is 0 Å². The number of hydrogen-bond donors (Lipinski definition) is 4. The van der Waals surface area contributed by atoms with Crippen LogP contribution in [-0.2, 0) is 30.3 Å². The Hall–Kier alpha value is -3.02. The summed E-state index contributed by atoms with van der Waals surface area (Å²) >= 11 is 0. The maximum absolute atomic E-state index is 13.1. The van der Waals surface area contributed by atoms with Gasteiger partial charge in [-0.05, 0) is 64.5 Å². The second-order valence-electron chi connectivity index (χ2n) is 13.5. The number of carbonyl (C=O) groups excluding carboxylic acids is 4. The Morgan fingerprint density at radius 1 is 1.02 bits per heavy atom. The number of methoxy groups -OCH3 is 1. The summed E-state index contributed by atoms with van der Waals surface area (Å²) in [6.07, 6.45) is 7.10. The second kappa shape index (κ2) is 29.7. The molecule has 0 bridgehead atoms. The molecule has 1 fully saturated rings. The van der Waals surface area contributed by atoms with Crippen LogP contribution >= 0.6 is 0 Å². The van der Waals surface area contributed by atoms with Crippen molar-refractivity contribution in [3.05, 3.63) is 35.9 Å². The van der Waals surface area contributed by atoms with Crippen molar-refractivity contribution in [1.82, 2.24) is 25.8 Å². The zero-order valence-electron chi connectivity index (χ0n) is 33.5. The molecule has 4 amide bonds. The third kappa shape index (κ3) is 20.0. The average Bonchev–Trinajstić information content (AvgIpc) is 3.58. The zero-order valence-corrected chi connectivity index (χ0v) is 33.5. The maximum atomic E-state index is 13.1. The van der Waals surface area contributed by atoms with Crippen LogP contribution in [0.2, 0.25) is 0 Å². The molecule has 1 aliphatic rings. The monoisotopic (exact) mass is 708 g/mol. The molecule has 6 atom stereocenters. The van der Waals surface area contributed by atoms with E-state index in [1.165, 1.54) is 12.0 Å². The first-order valence-corrected chi connectivity index (χ1v) is 18.5. The molecule has 11 nitrogen and oxygen atoms in total. The van der Waals surface area contributed by atoms with E-state index in [1.807, 2.05) is 43.9 Å². The molecule has 0 spiro atoms. The summed E-state index contributed by atoms with van der Waals surface area (Å²) in [5.74, 6) is 0.209. The highest BCUT2D eigenvalue weighted by atomic mass is 16.5. The lowest BCUT2D eigenvalue weighted by Gasteiger charge is -2.34. The third-order valence-electron chi connectivity index (χ3n) is 8.73. The fourth-order valence-corrected chi connectivity index (χ4v) is 5.72. The van der Waals surface area contributed by atoms with Gasteiger partial charge in [-0.1, -0.05) is 84.7 Å². The number of nitrogens with one attached hydrogen (secondary N) is 3. The van der Waals surface area contributed by atoms with Crippen molar-refractivity contribution in [2.75, 3.05) is 41.4 Å². The Balaban J connectivity index is 0. The molecule has 0 aliphatic carbocycles. The first-order chi connectivity index (χ1) is 23.8. The molecule has 1 aliphatic heterocycles. The van der Waals surface area contributed by atoms with Crippen molar-refractivity contribution in [3.63, 3.8) is 0 Å². The largest absolute Gasteiger partial charge is 0.400 e. The fraction of sp³-hybridized carbons (Fsp3) is 0.744. The van der Waals surface area contributed by atoms with Crippen molar-refractivity contribution in [1.29, 1.82) is 0 Å². The minimum Gasteiger partial charge on any atom is -0.400 e. The highest BCUT2D eigenvalue weighted by Gasteiger charge is 2.39. The van der Waals surface area contributed by atoms with Crippen LogP contribution in [0.3, 0.4) is 0 Å². The van der Waals surface area contributed by atoms with Crippen LogP contribution in [0.25, 0.3) is 0 Å². The van der Waals surface area contributed by atoms with Gasteiger partial charge in [0, 0.05) is 52.4 Å². The van der Waals surface area contributed by atoms with Gasteiger partial charge in [0.25, 0.3) is 0 Å². The summed E-state index contributed by atoms with van der Waals surface area (Å²) in [6.45, 7) is 17.5. The molecule has 4 N–H and O–H groups in total. The smallest absolute Gasteiger partial charge is 0.234 e. The van der Waals surface area contributed by atoms with E-state index in [-0.39, 0.29) is 53.9 Å². The van der Waals surface area contributed by atoms with Crippen molar-refractivity contribution >= 4 is 24.1 Å². The first kappa shape index (κ1) is 49.1. The summed E-state index contributed by atoms with van der Waals surface area (Å²) in [5, 5.41) is 15.8. The lowest BCUT2D eigenvalue weighted by molar-refractivity contribution is -0.140. The SMILES string of the molecule is CCC.CCC[C@@H](CCC(=O)N1CCCC1C(OC)[C@@H](C)C(=O)NC(C)Cc1ccccc1)N(C)C=O.CNCC(=O)NC(C)C(C)C.CO. The lowest BCUT2D eigenvalue weighted by Crippen LogP contribution is -2.51. The molecule has 0 aromatic heterocycles. The lowest BCUT2D eigenvalue weighted by atomic mass is 9.94. The van der Waals surface area contributed by atoms with E-state index < -0.39 is 0 Å². The van der Waals surface area contributed by atoms with Gasteiger partial charge in [-0.2, -0.15) is 0 Å². The molecule has 290 valence electrons. The van der Waals surface area contributed by atoms with E-state index in [1.54, 1.807) is 26.1 Å². The number of nitrogens with zero attached hydrogens (tertiary/aromatic N) is 2. The predicted molar refractivity (Wildman–Crippen MR) is 205 cm³/mol. The molecule has 1 saturated heterocycles. The van der Waals surface area contributed by atoms with Gasteiger partial charge in [-0.25, -0.2) is 0 Å². The molecule has 0 radical (unpaired) electrons. The predicted octanol–water partition coefficient (Wildman–Crippen LogP) is 4.80. The average molecular weight is 708 g/mol. The van der Waals surface area contributed by atoms with E-state index >= 15 is 0 Å². The molecule has 0 saturated carbocycles. The topological polar surface area (TPSA) is 140 Å². The summed E-state index contributed by atoms with van der Waals surface area (Å²) in [4.78, 5) is 51.9. The van der Waals surface area contributed by atoms with E-state index in [4.69, 9.17) is 9.84 Å². The van der Waals surface area contributed by atoms with Crippen molar-refractivity contribution < 1.29 is 29.0 Å². The van der Waals surface area contributed by atoms with E-state index in [9.17, 15) is 19.2 Å². The number of aliphatic hydroxyl groups excluding tert-OH is 1. The molecule has 1 aromatic carbocycles. The number of ether oxygens (including phenoxy) is 1. The zero-order chi connectivity index (χ0) is 38.6. The van der Waals surface area contributed by atoms with Crippen molar-refractivity contribution in [3.8, 4) is 0 Å². The molecular weight excluding hydrogens is 634 g/mol. The van der Waals surface area contributed by atoms with Gasteiger partial charge in [-0.3, -0.25) is 19.2 Å². The molecule has 50 heavy (non-hydrogen) atoms. The van der Waals surface area contributed by atoms with Gasteiger partial charge in [-0.15, -0.1) is 0 Å². The van der Waals surface area contributed by atoms with Crippen LogP contribution < -0.4 is 16.0 Å². The Bertz CT molecular complexity index is 1030. The molecule has 4 unspecified atom stereocenters. The second-order valence-corrected chi connectivity index (χ2v) is 13.5. The molecule has 1 aromatic rings. The van der Waals surface area contributed by atoms with Crippen LogP contribution in [0, 0.1) is 11.8 Å². The number of rotatable bonds is 18. The number of likely N-dealkylation sites (N-methyl/N-ethyl adjacent to an activating group) is 1. The fourth-order valence-electron chi connectivity index (χ4n) is 5.72. The normalized spacial score (nSPS) is 16.4. The van der Waals surface area contributed by atoms with E-state index in [2.05, 4.69) is 62.7 Å². The van der Waals surface area contributed by atoms with Crippen LogP contribution in [-0.4, -0.2) is 111 Å². The molecule has 11 heteroatoms. The summed E-state index contributed by atoms with van der Waals surface area (Å²) in [6, 6.07) is 10.3. The Morgan fingerprint density at radius 2 is 1.62 bits per heavy atom. The number of aliphatic hydroxyl groups is 1. The van der Waals surface area contributed by atoms with E-state index in [0.717, 1.165) is 45.6 Å². The number of carbonyl (C=O) groups is 4. The minimum atomic E-state index is -0.379. The number of benzene rings is 1. The Labute approximate surface area is 304 Å². The van der Waals surface area contributed by atoms with E-state index in [0.29, 0.717) is 31.8 Å². The van der Waals surface area contributed by atoms with Crippen LogP contribution in [0.15, 0.2) is 30.3 Å². The highest BCUT2D eigenvalue weighted by Crippen LogP contribution is 2.28. The Kier molecular flexibility index (Phi) is 29.1. The van der Waals surface area contributed by atoms with Crippen molar-refractivity contribution in [2.24, 2.45) is 11.8 Å². The van der Waals surface area contributed by atoms with Crippen molar-refractivity contribution in [2.45, 2.75) is 137 Å². The third-order valence-corrected chi connectivity index (χ3v) is 8.73. The molecule has 2 rings (SSSR count). The molecule has 1 heterocycles. The van der Waals surface area contributed by atoms with Crippen LogP contribution in [0.4, 0.5) is 0 Å². The van der Waals surface area contributed by atoms with Gasteiger partial charge in [0.1, 0.15) is 0 Å². The summed E-state index contributed by atoms with van der Waals surface area (Å²) in [7, 11) is 6.16. The van der Waals surface area contributed by atoms with Gasteiger partial charge in [0.2, 0.25) is 24.1 Å². The maximum Gasteiger partial charge on any atom is 0.234 e. The standard InChI is InChI=1S/C27H43N3O4.C8H18N2O.C3H8.CH4O/c1-6-11-23(29(4)19-31)15-16-25(32)30-17-10-14-24(30)26(34-5)21(3)27(33)28-20(2)18-22-12-8-7-9-13-22;1-6(2)7(3)10-8(11)5-9-4;1-3-2;1-2/h7-9,12-13,19-21,23-24,26H,6,10-11,14-18H2,1-5H3,(H,28,33);6-7,9H,5H2,1-4H3,(H,10,11);3H2,1-2H3;2H,1H3/t20?,21-,23+,24?,26?;;;/m1.../s1. The van der Waals surface area contributed by atoms with Gasteiger partial charge in [0.15, 0.2) is 0 Å². The summed E-state index contributed by atoms with van der Waals surface area (Å²) in [5.41, 5.74) is 1.18. The summed E-state index contributed by atoms with van der Waals surface area (Å²) < 4.78 is 5.81. The van der Waals surface area contributed by atoms with Gasteiger partial charge >= 0.3 is 0 Å². The minimum absolute atomic E-state index is 0.00137. The molecular formula is C39H73N5O6. The Morgan fingerprint density at radius 3 is 2.12 bits per heavy atom. The first-order valence-electron chi connectivity index (χ1n) is 18.5.